The van der Waals surface area contributed by atoms with Crippen LogP contribution in [-0.2, 0) is 9.53 Å². The van der Waals surface area contributed by atoms with Crippen LogP contribution in [0.15, 0.2) is 0 Å². The molecule has 0 aromatic heterocycles. The van der Waals surface area contributed by atoms with E-state index in [-0.39, 0.29) is 5.97 Å². The number of fused-ring (bicyclic) bond motifs is 1. The predicted molar refractivity (Wildman–Crippen MR) is 84.3 cm³/mol. The molecular weight excluding hydrogens is 266 g/mol. The molecule has 2 aliphatic heterocycles. The number of likely N-dealkylation sites (N-methyl/N-ethyl adjacent to an activating group) is 1. The summed E-state index contributed by atoms with van der Waals surface area (Å²) in [6, 6.07) is 1.15. The molecule has 122 valence electrons. The zero-order chi connectivity index (χ0) is 15.5. The van der Waals surface area contributed by atoms with Gasteiger partial charge in [-0.1, -0.05) is 13.3 Å². The number of carbonyl (C=O) groups excluding carboxylic acids is 1. The van der Waals surface area contributed by atoms with E-state index in [9.17, 15) is 4.79 Å². The number of piperidine rings is 1. The quantitative estimate of drug-likeness (QED) is 0.770. The molecule has 2 rings (SSSR count). The molecule has 21 heavy (non-hydrogen) atoms. The van der Waals surface area contributed by atoms with Gasteiger partial charge in [0.15, 0.2) is 0 Å². The van der Waals surface area contributed by atoms with Crippen LogP contribution in [0.4, 0.5) is 0 Å². The smallest absolute Gasteiger partial charge is 0.327 e. The highest BCUT2D eigenvalue weighted by Crippen LogP contribution is 2.25. The Balaban J connectivity index is 2.03. The van der Waals surface area contributed by atoms with Crippen molar-refractivity contribution in [1.29, 1.82) is 0 Å². The normalized spacial score (nSPS) is 30.5. The van der Waals surface area contributed by atoms with E-state index in [0.717, 1.165) is 26.2 Å². The van der Waals surface area contributed by atoms with Crippen LogP contribution in [0.3, 0.4) is 0 Å². The standard InChI is InChI=1S/C16H31N3O2/c1-5-17-16(3,15(20)21-4)12-19-11-14-8-6-7-9-18(14)10-13(19)2/h13-14,17H,5-12H2,1-4H3. The topological polar surface area (TPSA) is 44.8 Å². The number of hydrogen-bond donors (Lipinski definition) is 1. The van der Waals surface area contributed by atoms with Gasteiger partial charge in [-0.2, -0.15) is 0 Å². The fraction of sp³-hybridized carbons (Fsp3) is 0.938. The molecule has 0 aromatic carbocycles. The second kappa shape index (κ2) is 7.07. The number of methoxy groups -OCH3 is 1. The Morgan fingerprint density at radius 1 is 1.38 bits per heavy atom. The van der Waals surface area contributed by atoms with Gasteiger partial charge in [0.05, 0.1) is 7.11 Å². The van der Waals surface area contributed by atoms with E-state index in [1.807, 2.05) is 13.8 Å². The number of hydrogen-bond acceptors (Lipinski definition) is 5. The van der Waals surface area contributed by atoms with Gasteiger partial charge >= 0.3 is 5.97 Å². The van der Waals surface area contributed by atoms with E-state index >= 15 is 0 Å². The molecule has 0 amide bonds. The highest BCUT2D eigenvalue weighted by molar-refractivity contribution is 5.80. The van der Waals surface area contributed by atoms with Gasteiger partial charge in [-0.25, -0.2) is 0 Å². The van der Waals surface area contributed by atoms with Gasteiger partial charge in [-0.3, -0.25) is 14.6 Å². The lowest BCUT2D eigenvalue weighted by atomic mass is 9.94. The number of nitrogens with one attached hydrogen (secondary N) is 1. The molecule has 2 heterocycles. The fourth-order valence-corrected chi connectivity index (χ4v) is 3.85. The maximum absolute atomic E-state index is 12.2. The lowest BCUT2D eigenvalue weighted by Gasteiger charge is -2.49. The van der Waals surface area contributed by atoms with E-state index in [1.165, 1.54) is 32.9 Å². The molecule has 0 aliphatic carbocycles. The third-order valence-electron chi connectivity index (χ3n) is 5.04. The van der Waals surface area contributed by atoms with Crippen LogP contribution in [0, 0.1) is 0 Å². The Kier molecular flexibility index (Phi) is 5.63. The first kappa shape index (κ1) is 16.7. The SMILES string of the molecule is CCNC(C)(CN1CC2CCCCN2CC1C)C(=O)OC. The largest absolute Gasteiger partial charge is 0.468 e. The van der Waals surface area contributed by atoms with Gasteiger partial charge in [0.1, 0.15) is 5.54 Å². The first-order valence-electron chi connectivity index (χ1n) is 8.31. The third kappa shape index (κ3) is 3.76. The summed E-state index contributed by atoms with van der Waals surface area (Å²) < 4.78 is 5.01. The van der Waals surface area contributed by atoms with Gasteiger partial charge in [-0.15, -0.1) is 0 Å². The molecule has 0 bridgehead atoms. The second-order valence-electron chi connectivity index (χ2n) is 6.78. The lowest BCUT2D eigenvalue weighted by molar-refractivity contribution is -0.149. The van der Waals surface area contributed by atoms with Crippen LogP contribution in [0.2, 0.25) is 0 Å². The van der Waals surface area contributed by atoms with Crippen molar-refractivity contribution in [2.24, 2.45) is 0 Å². The summed E-state index contributed by atoms with van der Waals surface area (Å²) in [5.74, 6) is -0.164. The number of ether oxygens (including phenoxy) is 1. The van der Waals surface area contributed by atoms with Crippen molar-refractivity contribution in [3.8, 4) is 0 Å². The predicted octanol–water partition coefficient (Wildman–Crippen LogP) is 1.09. The van der Waals surface area contributed by atoms with Crippen molar-refractivity contribution >= 4 is 5.97 Å². The van der Waals surface area contributed by atoms with E-state index in [4.69, 9.17) is 4.74 Å². The summed E-state index contributed by atoms with van der Waals surface area (Å²) >= 11 is 0. The van der Waals surface area contributed by atoms with Crippen molar-refractivity contribution in [2.45, 2.75) is 57.7 Å². The Morgan fingerprint density at radius 3 is 2.81 bits per heavy atom. The summed E-state index contributed by atoms with van der Waals surface area (Å²) in [6.45, 7) is 11.2. The number of rotatable bonds is 5. The Hall–Kier alpha value is -0.650. The first-order chi connectivity index (χ1) is 10.00. The minimum atomic E-state index is -0.616. The molecule has 0 radical (unpaired) electrons. The molecule has 2 fully saturated rings. The monoisotopic (exact) mass is 297 g/mol. The number of esters is 1. The molecule has 3 atom stereocenters. The van der Waals surface area contributed by atoms with Crippen LogP contribution in [0.5, 0.6) is 0 Å². The van der Waals surface area contributed by atoms with Gasteiger partial charge in [-0.05, 0) is 39.8 Å². The number of piperazine rings is 1. The molecule has 0 saturated carbocycles. The average molecular weight is 297 g/mol. The zero-order valence-corrected chi connectivity index (χ0v) is 14.0. The molecule has 2 saturated heterocycles. The van der Waals surface area contributed by atoms with Crippen molar-refractivity contribution in [2.75, 3.05) is 39.8 Å². The van der Waals surface area contributed by atoms with E-state index < -0.39 is 5.54 Å². The second-order valence-corrected chi connectivity index (χ2v) is 6.78. The van der Waals surface area contributed by atoms with Crippen molar-refractivity contribution < 1.29 is 9.53 Å². The molecule has 0 aromatic rings. The van der Waals surface area contributed by atoms with Gasteiger partial charge in [0.2, 0.25) is 0 Å². The number of carbonyl (C=O) groups is 1. The average Bonchev–Trinajstić information content (AvgIpc) is 2.47. The van der Waals surface area contributed by atoms with E-state index in [0.29, 0.717) is 12.1 Å². The molecule has 3 unspecified atom stereocenters. The van der Waals surface area contributed by atoms with E-state index in [1.54, 1.807) is 0 Å². The molecule has 1 N–H and O–H groups in total. The lowest BCUT2D eigenvalue weighted by Crippen LogP contribution is -2.64. The maximum atomic E-state index is 12.2. The van der Waals surface area contributed by atoms with E-state index in [2.05, 4.69) is 22.0 Å². The Labute approximate surface area is 129 Å². The fourth-order valence-electron chi connectivity index (χ4n) is 3.85. The zero-order valence-electron chi connectivity index (χ0n) is 14.0. The van der Waals surface area contributed by atoms with Crippen LogP contribution in [0.25, 0.3) is 0 Å². The molecule has 5 heteroatoms. The first-order valence-corrected chi connectivity index (χ1v) is 8.31. The Morgan fingerprint density at radius 2 is 2.14 bits per heavy atom. The molecule has 2 aliphatic rings. The van der Waals surface area contributed by atoms with Crippen molar-refractivity contribution in [1.82, 2.24) is 15.1 Å². The van der Waals surface area contributed by atoms with Crippen LogP contribution < -0.4 is 5.32 Å². The summed E-state index contributed by atoms with van der Waals surface area (Å²) in [4.78, 5) is 17.3. The van der Waals surface area contributed by atoms with Gasteiger partial charge in [0.25, 0.3) is 0 Å². The highest BCUT2D eigenvalue weighted by Gasteiger charge is 2.40. The highest BCUT2D eigenvalue weighted by atomic mass is 16.5. The molecule has 5 nitrogen and oxygen atoms in total. The van der Waals surface area contributed by atoms with Crippen LogP contribution >= 0.6 is 0 Å². The van der Waals surface area contributed by atoms with Gasteiger partial charge < -0.3 is 10.1 Å². The van der Waals surface area contributed by atoms with Crippen molar-refractivity contribution in [3.05, 3.63) is 0 Å². The molecule has 0 spiro atoms. The summed E-state index contributed by atoms with van der Waals surface area (Å²) in [5.41, 5.74) is -0.616. The van der Waals surface area contributed by atoms with Crippen molar-refractivity contribution in [3.63, 3.8) is 0 Å². The van der Waals surface area contributed by atoms with Gasteiger partial charge in [0, 0.05) is 31.7 Å². The Bertz CT molecular complexity index is 363. The minimum absolute atomic E-state index is 0.164. The third-order valence-corrected chi connectivity index (χ3v) is 5.04. The summed E-state index contributed by atoms with van der Waals surface area (Å²) in [7, 11) is 1.47. The summed E-state index contributed by atoms with van der Waals surface area (Å²) in [6.07, 6.45) is 3.96. The summed E-state index contributed by atoms with van der Waals surface area (Å²) in [5, 5.41) is 3.32. The van der Waals surface area contributed by atoms with Crippen LogP contribution in [0.1, 0.15) is 40.0 Å². The minimum Gasteiger partial charge on any atom is -0.468 e. The maximum Gasteiger partial charge on any atom is 0.327 e. The van der Waals surface area contributed by atoms with Crippen LogP contribution in [-0.4, -0.2) is 73.2 Å². The number of nitrogens with zero attached hydrogens (tertiary/aromatic N) is 2. The molecular formula is C16H31N3O2.